The van der Waals surface area contributed by atoms with Crippen LogP contribution >= 0.6 is 0 Å². The van der Waals surface area contributed by atoms with Gasteiger partial charge in [-0.1, -0.05) is 6.07 Å². The Morgan fingerprint density at radius 1 is 1.41 bits per heavy atom. The topological polar surface area (TPSA) is 64.3 Å². The summed E-state index contributed by atoms with van der Waals surface area (Å²) >= 11 is 0. The van der Waals surface area contributed by atoms with Gasteiger partial charge in [0.05, 0.1) is 6.61 Å². The van der Waals surface area contributed by atoms with Crippen LogP contribution in [0.5, 0.6) is 5.75 Å². The lowest BCUT2D eigenvalue weighted by molar-refractivity contribution is 0.0917. The van der Waals surface area contributed by atoms with Gasteiger partial charge in [-0.3, -0.25) is 4.79 Å². The van der Waals surface area contributed by atoms with Crippen LogP contribution in [-0.2, 0) is 0 Å². The molecule has 4 nitrogen and oxygen atoms in total. The van der Waals surface area contributed by atoms with Gasteiger partial charge in [-0.05, 0) is 39.8 Å². The van der Waals surface area contributed by atoms with E-state index in [0.717, 1.165) is 0 Å². The predicted molar refractivity (Wildman–Crippen MR) is 69.2 cm³/mol. The third kappa shape index (κ3) is 3.66. The first-order chi connectivity index (χ1) is 7.85. The second-order valence-corrected chi connectivity index (χ2v) is 4.86. The first-order valence-corrected chi connectivity index (χ1v) is 5.69. The Hall–Kier alpha value is -1.71. The first kappa shape index (κ1) is 13.4. The molecule has 17 heavy (non-hydrogen) atoms. The third-order valence-corrected chi connectivity index (χ3v) is 2.07. The predicted octanol–water partition coefficient (Wildman–Crippen LogP) is 2.20. The highest BCUT2D eigenvalue weighted by Crippen LogP contribution is 2.24. The molecule has 1 aromatic carbocycles. The summed E-state index contributed by atoms with van der Waals surface area (Å²) in [4.78, 5) is 12.1. The maximum absolute atomic E-state index is 12.1. The summed E-state index contributed by atoms with van der Waals surface area (Å²) in [5.41, 5.74) is 6.36. The number of hydrogen-bond donors (Lipinski definition) is 2. The second-order valence-electron chi connectivity index (χ2n) is 4.86. The highest BCUT2D eigenvalue weighted by atomic mass is 16.5. The minimum absolute atomic E-state index is 0.209. The molecule has 0 aromatic heterocycles. The van der Waals surface area contributed by atoms with Crippen molar-refractivity contribution in [3.05, 3.63) is 23.8 Å². The van der Waals surface area contributed by atoms with Crippen molar-refractivity contribution in [2.75, 3.05) is 12.3 Å². The number of hydrogen-bond acceptors (Lipinski definition) is 3. The number of carbonyl (C=O) groups is 1. The summed E-state index contributed by atoms with van der Waals surface area (Å²) in [5, 5.41) is 2.88. The minimum atomic E-state index is -0.303. The average Bonchev–Trinajstić information content (AvgIpc) is 2.15. The molecule has 94 valence electrons. The number of benzene rings is 1. The molecular weight excluding hydrogens is 216 g/mol. The molecule has 0 saturated heterocycles. The first-order valence-electron chi connectivity index (χ1n) is 5.69. The summed E-state index contributed by atoms with van der Waals surface area (Å²) < 4.78 is 5.41. The van der Waals surface area contributed by atoms with Gasteiger partial charge < -0.3 is 15.8 Å². The molecule has 0 aliphatic rings. The van der Waals surface area contributed by atoms with Crippen LogP contribution < -0.4 is 15.8 Å². The Kier molecular flexibility index (Phi) is 3.99. The van der Waals surface area contributed by atoms with Crippen LogP contribution in [0.3, 0.4) is 0 Å². The largest absolute Gasteiger partial charge is 0.493 e. The van der Waals surface area contributed by atoms with Crippen molar-refractivity contribution < 1.29 is 9.53 Å². The third-order valence-electron chi connectivity index (χ3n) is 2.07. The van der Waals surface area contributed by atoms with Crippen LogP contribution in [0.25, 0.3) is 0 Å². The van der Waals surface area contributed by atoms with E-state index in [-0.39, 0.29) is 11.4 Å². The van der Waals surface area contributed by atoms with E-state index < -0.39 is 0 Å². The van der Waals surface area contributed by atoms with Crippen molar-refractivity contribution >= 4 is 11.6 Å². The van der Waals surface area contributed by atoms with Gasteiger partial charge in [0.15, 0.2) is 0 Å². The molecule has 0 spiro atoms. The highest BCUT2D eigenvalue weighted by molar-refractivity contribution is 6.02. The van der Waals surface area contributed by atoms with Gasteiger partial charge in [-0.25, -0.2) is 0 Å². The number of nitrogens with one attached hydrogen (secondary N) is 1. The van der Waals surface area contributed by atoms with Crippen molar-refractivity contribution in [3.8, 4) is 5.75 Å². The molecule has 4 heteroatoms. The van der Waals surface area contributed by atoms with Crippen molar-refractivity contribution in [1.82, 2.24) is 5.32 Å². The van der Waals surface area contributed by atoms with E-state index in [9.17, 15) is 4.79 Å². The smallest absolute Gasteiger partial charge is 0.257 e. The van der Waals surface area contributed by atoms with Crippen LogP contribution in [0.15, 0.2) is 18.2 Å². The van der Waals surface area contributed by atoms with Gasteiger partial charge >= 0.3 is 0 Å². The zero-order valence-electron chi connectivity index (χ0n) is 10.8. The molecular formula is C13H20N2O2. The Balaban J connectivity index is 3.07. The highest BCUT2D eigenvalue weighted by Gasteiger charge is 2.20. The second kappa shape index (κ2) is 5.08. The van der Waals surface area contributed by atoms with Crippen molar-refractivity contribution in [1.29, 1.82) is 0 Å². The van der Waals surface area contributed by atoms with Crippen molar-refractivity contribution in [2.45, 2.75) is 33.2 Å². The van der Waals surface area contributed by atoms with Crippen LogP contribution in [0, 0.1) is 0 Å². The molecule has 0 heterocycles. The SMILES string of the molecule is CCOc1cccc(N)c1C(=O)NC(C)(C)C. The molecule has 0 unspecified atom stereocenters. The average molecular weight is 236 g/mol. The van der Waals surface area contributed by atoms with Gasteiger partial charge in [-0.2, -0.15) is 0 Å². The van der Waals surface area contributed by atoms with Gasteiger partial charge in [0, 0.05) is 11.2 Å². The Bertz CT molecular complexity index is 408. The van der Waals surface area contributed by atoms with E-state index >= 15 is 0 Å². The number of amides is 1. The number of ether oxygens (including phenoxy) is 1. The lowest BCUT2D eigenvalue weighted by atomic mass is 10.1. The minimum Gasteiger partial charge on any atom is -0.493 e. The number of anilines is 1. The molecule has 0 saturated carbocycles. The maximum atomic E-state index is 12.1. The van der Waals surface area contributed by atoms with E-state index in [1.807, 2.05) is 27.7 Å². The monoisotopic (exact) mass is 236 g/mol. The Morgan fingerprint density at radius 3 is 2.59 bits per heavy atom. The van der Waals surface area contributed by atoms with Crippen LogP contribution in [0.4, 0.5) is 5.69 Å². The fourth-order valence-corrected chi connectivity index (χ4v) is 1.47. The van der Waals surface area contributed by atoms with Crippen LogP contribution in [0.2, 0.25) is 0 Å². The molecule has 1 aromatic rings. The number of rotatable bonds is 3. The molecule has 0 fully saturated rings. The molecule has 0 bridgehead atoms. The molecule has 0 atom stereocenters. The summed E-state index contributed by atoms with van der Waals surface area (Å²) in [5.74, 6) is 0.313. The Labute approximate surface area is 102 Å². The summed E-state index contributed by atoms with van der Waals surface area (Å²) in [6, 6.07) is 5.21. The van der Waals surface area contributed by atoms with E-state index in [1.165, 1.54) is 0 Å². The van der Waals surface area contributed by atoms with Crippen LogP contribution in [0.1, 0.15) is 38.1 Å². The van der Waals surface area contributed by atoms with Gasteiger partial charge in [-0.15, -0.1) is 0 Å². The van der Waals surface area contributed by atoms with E-state index in [0.29, 0.717) is 23.6 Å². The lowest BCUT2D eigenvalue weighted by Crippen LogP contribution is -2.41. The van der Waals surface area contributed by atoms with Crippen molar-refractivity contribution in [2.24, 2.45) is 0 Å². The number of nitrogen functional groups attached to an aromatic ring is 1. The van der Waals surface area contributed by atoms with E-state index in [2.05, 4.69) is 5.32 Å². The van der Waals surface area contributed by atoms with E-state index in [4.69, 9.17) is 10.5 Å². The normalized spacial score (nSPS) is 11.1. The quantitative estimate of drug-likeness (QED) is 0.791. The summed E-state index contributed by atoms with van der Waals surface area (Å²) in [6.07, 6.45) is 0. The molecule has 1 amide bonds. The lowest BCUT2D eigenvalue weighted by Gasteiger charge is -2.22. The van der Waals surface area contributed by atoms with Gasteiger partial charge in [0.1, 0.15) is 11.3 Å². The fourth-order valence-electron chi connectivity index (χ4n) is 1.47. The Morgan fingerprint density at radius 2 is 2.06 bits per heavy atom. The molecule has 3 N–H and O–H groups in total. The van der Waals surface area contributed by atoms with Gasteiger partial charge in [0.25, 0.3) is 5.91 Å². The maximum Gasteiger partial charge on any atom is 0.257 e. The molecule has 1 rings (SSSR count). The summed E-state index contributed by atoms with van der Waals surface area (Å²) in [6.45, 7) is 8.13. The number of carbonyl (C=O) groups excluding carboxylic acids is 1. The zero-order chi connectivity index (χ0) is 13.1. The van der Waals surface area contributed by atoms with Gasteiger partial charge in [0.2, 0.25) is 0 Å². The zero-order valence-corrected chi connectivity index (χ0v) is 10.8. The standard InChI is InChI=1S/C13H20N2O2/c1-5-17-10-8-6-7-9(14)11(10)12(16)15-13(2,3)4/h6-8H,5,14H2,1-4H3,(H,15,16). The molecule has 0 aliphatic carbocycles. The number of nitrogens with two attached hydrogens (primary N) is 1. The molecule has 0 radical (unpaired) electrons. The summed E-state index contributed by atoms with van der Waals surface area (Å²) in [7, 11) is 0. The van der Waals surface area contributed by atoms with Crippen molar-refractivity contribution in [3.63, 3.8) is 0 Å². The van der Waals surface area contributed by atoms with Crippen LogP contribution in [-0.4, -0.2) is 18.1 Å². The molecule has 0 aliphatic heterocycles. The fraction of sp³-hybridized carbons (Fsp3) is 0.462. The van der Waals surface area contributed by atoms with E-state index in [1.54, 1.807) is 18.2 Å².